The highest BCUT2D eigenvalue weighted by Crippen LogP contribution is 2.56. The highest BCUT2D eigenvalue weighted by molar-refractivity contribution is 8.00. The molecule has 39 heavy (non-hydrogen) atoms. The number of hydrogen-bond acceptors (Lipinski definition) is 8. The number of nitrogens with two attached hydrogens (primary N) is 3. The van der Waals surface area contributed by atoms with Gasteiger partial charge in [0.2, 0.25) is 5.91 Å². The molecule has 2 heterocycles. The van der Waals surface area contributed by atoms with E-state index in [1.54, 1.807) is 6.07 Å². The lowest BCUT2D eigenvalue weighted by Gasteiger charge is -2.42. The number of para-hydroxylation sites is 1. The molecule has 9 heteroatoms. The average molecular weight is 544 g/mol. The summed E-state index contributed by atoms with van der Waals surface area (Å²) >= 11 is 1.47. The second-order valence-electron chi connectivity index (χ2n) is 10.7. The van der Waals surface area contributed by atoms with Crippen molar-refractivity contribution in [3.63, 3.8) is 0 Å². The molecule has 1 saturated heterocycles. The van der Waals surface area contributed by atoms with Crippen molar-refractivity contribution in [3.8, 4) is 11.5 Å². The van der Waals surface area contributed by atoms with Gasteiger partial charge in [-0.15, -0.1) is 0 Å². The number of rotatable bonds is 5. The van der Waals surface area contributed by atoms with Crippen molar-refractivity contribution in [2.24, 2.45) is 17.4 Å². The number of aryl methyl sites for hydroxylation is 1. The molecule has 0 aromatic heterocycles. The van der Waals surface area contributed by atoms with Crippen molar-refractivity contribution in [1.29, 1.82) is 0 Å². The van der Waals surface area contributed by atoms with Gasteiger partial charge in [-0.05, 0) is 78.9 Å². The molecule has 0 spiro atoms. The van der Waals surface area contributed by atoms with Crippen LogP contribution in [0.3, 0.4) is 0 Å². The number of nitrogen functional groups attached to an aromatic ring is 1. The Labute approximate surface area is 232 Å². The Kier molecular flexibility index (Phi) is 6.63. The fourth-order valence-electron chi connectivity index (χ4n) is 6.20. The quantitative estimate of drug-likeness (QED) is 0.309. The largest absolute Gasteiger partial charge is 0.457 e. The summed E-state index contributed by atoms with van der Waals surface area (Å²) in [5.41, 5.74) is 22.4. The number of anilines is 1. The third-order valence-corrected chi connectivity index (χ3v) is 9.54. The number of ether oxygens (including phenoxy) is 1. The first kappa shape index (κ1) is 25.9. The first-order valence-electron chi connectivity index (χ1n) is 13.3. The van der Waals surface area contributed by atoms with Crippen molar-refractivity contribution in [3.05, 3.63) is 82.9 Å². The molecule has 1 aliphatic carbocycles. The van der Waals surface area contributed by atoms with Gasteiger partial charge >= 0.3 is 0 Å². The number of piperidine rings is 1. The zero-order chi connectivity index (χ0) is 27.3. The molecule has 3 aliphatic rings. The number of carbonyl (C=O) groups excluding carboxylic acids is 2. The van der Waals surface area contributed by atoms with E-state index in [4.69, 9.17) is 21.9 Å². The molecule has 5 unspecified atom stereocenters. The normalized spacial score (nSPS) is 27.6. The Balaban J connectivity index is 1.36. The molecule has 1 fully saturated rings. The SMILES string of the molecule is Cc1cc(Oc2ccccc2)ccc1C1(N)C(=O)C(N)C2c3c1ccc(N)c3SC2NC(=O)C1CCCNC1. The fraction of sp³-hybridized carbons (Fsp3) is 0.333. The maximum atomic E-state index is 14.1. The lowest BCUT2D eigenvalue weighted by Crippen LogP contribution is -2.61. The van der Waals surface area contributed by atoms with Gasteiger partial charge in [-0.1, -0.05) is 42.1 Å². The van der Waals surface area contributed by atoms with E-state index in [9.17, 15) is 9.59 Å². The molecule has 3 aromatic rings. The number of amides is 1. The smallest absolute Gasteiger partial charge is 0.225 e. The van der Waals surface area contributed by atoms with Crippen LogP contribution in [-0.2, 0) is 15.1 Å². The molecule has 5 atom stereocenters. The third-order valence-electron chi connectivity index (χ3n) is 8.19. The fourth-order valence-corrected chi connectivity index (χ4v) is 7.66. The van der Waals surface area contributed by atoms with Gasteiger partial charge in [-0.25, -0.2) is 0 Å². The van der Waals surface area contributed by atoms with Crippen LogP contribution in [0.15, 0.2) is 65.6 Å². The Hall–Kier alpha value is -3.37. The maximum absolute atomic E-state index is 14.1. The van der Waals surface area contributed by atoms with Gasteiger partial charge < -0.3 is 32.6 Å². The molecule has 8 N–H and O–H groups in total. The summed E-state index contributed by atoms with van der Waals surface area (Å²) in [6.07, 6.45) is 1.79. The lowest BCUT2D eigenvalue weighted by atomic mass is 9.65. The van der Waals surface area contributed by atoms with Crippen LogP contribution in [0, 0.1) is 12.8 Å². The summed E-state index contributed by atoms with van der Waals surface area (Å²) in [5.74, 6) is 0.529. The van der Waals surface area contributed by atoms with Crippen molar-refractivity contribution < 1.29 is 14.3 Å². The Bertz CT molecular complexity index is 1440. The number of carbonyl (C=O) groups is 2. The minimum Gasteiger partial charge on any atom is -0.457 e. The van der Waals surface area contributed by atoms with E-state index in [1.165, 1.54) is 11.8 Å². The van der Waals surface area contributed by atoms with E-state index in [1.807, 2.05) is 61.5 Å². The van der Waals surface area contributed by atoms with Gasteiger partial charge in [0.15, 0.2) is 5.78 Å². The van der Waals surface area contributed by atoms with E-state index in [-0.39, 0.29) is 17.6 Å². The second kappa shape index (κ2) is 9.98. The highest BCUT2D eigenvalue weighted by atomic mass is 32.2. The van der Waals surface area contributed by atoms with Crippen LogP contribution in [0.4, 0.5) is 5.69 Å². The number of benzene rings is 3. The number of Topliss-reactive ketones (excluding diaryl/α,β-unsaturated/α-hetero) is 1. The zero-order valence-electron chi connectivity index (χ0n) is 21.8. The number of hydrogen-bond donors (Lipinski definition) is 5. The molecule has 0 bridgehead atoms. The van der Waals surface area contributed by atoms with Crippen LogP contribution in [0.1, 0.15) is 41.0 Å². The number of thioether (sulfide) groups is 1. The molecular formula is C30H33N5O3S. The summed E-state index contributed by atoms with van der Waals surface area (Å²) in [7, 11) is 0. The molecule has 1 amide bonds. The van der Waals surface area contributed by atoms with Gasteiger partial charge in [0.25, 0.3) is 0 Å². The summed E-state index contributed by atoms with van der Waals surface area (Å²) in [4.78, 5) is 28.1. The maximum Gasteiger partial charge on any atom is 0.225 e. The average Bonchev–Trinajstić information content (AvgIpc) is 3.32. The standard InChI is InChI=1S/C30H33N5O3S/c1-16-14-19(38-18-7-3-2-4-8-18)9-10-20(16)30(33)21-11-12-22(31)26-23(21)24(25(32)27(30)36)29(39-26)35-28(37)17-6-5-13-34-15-17/h2-4,7-12,14,17,24-25,29,34H,5-6,13,15,31-33H2,1H3,(H,35,37). The lowest BCUT2D eigenvalue weighted by molar-refractivity contribution is -0.128. The number of nitrogens with one attached hydrogen (secondary N) is 2. The molecule has 0 saturated carbocycles. The summed E-state index contributed by atoms with van der Waals surface area (Å²) < 4.78 is 6.00. The third kappa shape index (κ3) is 4.30. The van der Waals surface area contributed by atoms with Crippen LogP contribution in [0.5, 0.6) is 11.5 Å². The van der Waals surface area contributed by atoms with Crippen molar-refractivity contribution in [2.75, 3.05) is 18.8 Å². The second-order valence-corrected chi connectivity index (χ2v) is 11.8. The van der Waals surface area contributed by atoms with Gasteiger partial charge in [0.1, 0.15) is 17.0 Å². The van der Waals surface area contributed by atoms with E-state index in [0.717, 1.165) is 41.2 Å². The Morgan fingerprint density at radius 3 is 2.59 bits per heavy atom. The summed E-state index contributed by atoms with van der Waals surface area (Å²) in [6.45, 7) is 3.49. The van der Waals surface area contributed by atoms with Gasteiger partial charge in [-0.3, -0.25) is 9.59 Å². The van der Waals surface area contributed by atoms with Crippen LogP contribution in [-0.4, -0.2) is 36.2 Å². The van der Waals surface area contributed by atoms with Crippen molar-refractivity contribution in [1.82, 2.24) is 10.6 Å². The molecule has 8 nitrogen and oxygen atoms in total. The van der Waals surface area contributed by atoms with E-state index in [0.29, 0.717) is 29.1 Å². The van der Waals surface area contributed by atoms with Crippen molar-refractivity contribution >= 4 is 29.1 Å². The topological polar surface area (TPSA) is 145 Å². The molecule has 3 aromatic carbocycles. The molecule has 6 rings (SSSR count). The Morgan fingerprint density at radius 1 is 1.10 bits per heavy atom. The monoisotopic (exact) mass is 543 g/mol. The molecular weight excluding hydrogens is 510 g/mol. The van der Waals surface area contributed by atoms with Crippen LogP contribution in [0.2, 0.25) is 0 Å². The molecule has 0 radical (unpaired) electrons. The first-order valence-corrected chi connectivity index (χ1v) is 14.2. The van der Waals surface area contributed by atoms with E-state index in [2.05, 4.69) is 10.6 Å². The van der Waals surface area contributed by atoms with E-state index >= 15 is 0 Å². The minimum absolute atomic E-state index is 0.0262. The zero-order valence-corrected chi connectivity index (χ0v) is 22.6. The van der Waals surface area contributed by atoms with E-state index < -0.39 is 22.9 Å². The molecule has 2 aliphatic heterocycles. The summed E-state index contributed by atoms with van der Waals surface area (Å²) in [6, 6.07) is 17.8. The van der Waals surface area contributed by atoms with Crippen molar-refractivity contribution in [2.45, 2.75) is 47.5 Å². The van der Waals surface area contributed by atoms with Crippen LogP contribution >= 0.6 is 11.8 Å². The molecule has 202 valence electrons. The highest BCUT2D eigenvalue weighted by Gasteiger charge is 2.56. The predicted molar refractivity (Wildman–Crippen MR) is 153 cm³/mol. The summed E-state index contributed by atoms with van der Waals surface area (Å²) in [5, 5.41) is 6.07. The minimum atomic E-state index is -1.46. The number of ketones is 1. The van der Waals surface area contributed by atoms with Crippen LogP contribution < -0.4 is 32.6 Å². The predicted octanol–water partition coefficient (Wildman–Crippen LogP) is 3.11. The first-order chi connectivity index (χ1) is 18.8. The van der Waals surface area contributed by atoms with Gasteiger partial charge in [-0.2, -0.15) is 0 Å². The Morgan fingerprint density at radius 2 is 1.87 bits per heavy atom. The van der Waals surface area contributed by atoms with Gasteiger partial charge in [0.05, 0.1) is 17.3 Å². The van der Waals surface area contributed by atoms with Gasteiger partial charge in [0, 0.05) is 23.0 Å². The van der Waals surface area contributed by atoms with Crippen LogP contribution in [0.25, 0.3) is 0 Å².